The Bertz CT molecular complexity index is 1130. The summed E-state index contributed by atoms with van der Waals surface area (Å²) in [5.74, 6) is -1.58. The monoisotopic (exact) mass is 496 g/mol. The number of benzene rings is 2. The van der Waals surface area contributed by atoms with Crippen molar-refractivity contribution in [3.05, 3.63) is 59.7 Å². The number of piperazine rings is 1. The van der Waals surface area contributed by atoms with Gasteiger partial charge in [0.05, 0.1) is 12.1 Å². The number of aromatic carboxylic acids is 1. The normalized spacial score (nSPS) is 15.2. The number of alkyl carbamates (subject to hydrolysis) is 1. The lowest BCUT2D eigenvalue weighted by Gasteiger charge is -2.32. The van der Waals surface area contributed by atoms with Crippen molar-refractivity contribution >= 4 is 35.3 Å². The second kappa shape index (κ2) is 11.2. The van der Waals surface area contributed by atoms with E-state index in [4.69, 9.17) is 9.84 Å². The molecule has 1 aliphatic rings. The molecule has 1 heterocycles. The molecule has 10 nitrogen and oxygen atoms in total. The third kappa shape index (κ3) is 7.54. The maximum Gasteiger partial charge on any atom is 0.408 e. The Morgan fingerprint density at radius 2 is 1.78 bits per heavy atom. The summed E-state index contributed by atoms with van der Waals surface area (Å²) < 4.78 is 5.34. The Hall–Kier alpha value is -3.92. The molecule has 0 aliphatic carbocycles. The molecule has 10 heteroatoms. The van der Waals surface area contributed by atoms with Crippen LogP contribution in [-0.4, -0.2) is 72.2 Å². The summed E-state index contributed by atoms with van der Waals surface area (Å²) in [6.07, 6.45) is -0.595. The third-order valence-corrected chi connectivity index (χ3v) is 5.48. The van der Waals surface area contributed by atoms with E-state index >= 15 is 0 Å². The smallest absolute Gasteiger partial charge is 0.408 e. The lowest BCUT2D eigenvalue weighted by atomic mass is 10.0. The van der Waals surface area contributed by atoms with Crippen molar-refractivity contribution in [3.8, 4) is 0 Å². The first kappa shape index (κ1) is 26.7. The largest absolute Gasteiger partial charge is 0.478 e. The molecule has 1 atom stereocenters. The fourth-order valence-electron chi connectivity index (χ4n) is 3.74. The molecule has 2 aromatic carbocycles. The van der Waals surface area contributed by atoms with Gasteiger partial charge in [0, 0.05) is 30.9 Å². The Labute approximate surface area is 210 Å². The Morgan fingerprint density at radius 3 is 2.39 bits per heavy atom. The fraction of sp³-hybridized carbons (Fsp3) is 0.385. The van der Waals surface area contributed by atoms with Gasteiger partial charge in [-0.25, -0.2) is 9.59 Å². The van der Waals surface area contributed by atoms with E-state index in [2.05, 4.69) is 10.6 Å². The zero-order valence-electron chi connectivity index (χ0n) is 20.9. The summed E-state index contributed by atoms with van der Waals surface area (Å²) in [6.45, 7) is 6.82. The fourth-order valence-corrected chi connectivity index (χ4v) is 3.74. The highest BCUT2D eigenvalue weighted by Gasteiger charge is 2.26. The van der Waals surface area contributed by atoms with Gasteiger partial charge in [-0.05, 0) is 69.8 Å². The molecule has 3 N–H and O–H groups in total. The minimum absolute atomic E-state index is 0.00752. The molecule has 1 fully saturated rings. The third-order valence-electron chi connectivity index (χ3n) is 5.48. The molecule has 3 rings (SSSR count). The second-order valence-corrected chi connectivity index (χ2v) is 9.73. The minimum atomic E-state index is -1.07. The number of rotatable bonds is 7. The maximum absolute atomic E-state index is 13.1. The van der Waals surface area contributed by atoms with Gasteiger partial charge >= 0.3 is 12.1 Å². The number of carbonyl (C=O) groups excluding carboxylic acids is 3. The lowest BCUT2D eigenvalue weighted by Crippen LogP contribution is -2.49. The van der Waals surface area contributed by atoms with Crippen LogP contribution in [0.5, 0.6) is 0 Å². The summed E-state index contributed by atoms with van der Waals surface area (Å²) in [4.78, 5) is 52.9. The number of hydrogen-bond acceptors (Lipinski definition) is 6. The molecule has 1 saturated heterocycles. The van der Waals surface area contributed by atoms with Gasteiger partial charge in [-0.2, -0.15) is 0 Å². The van der Waals surface area contributed by atoms with Crippen molar-refractivity contribution in [2.24, 2.45) is 0 Å². The standard InChI is InChI=1S/C26H32N4O6/c1-26(2,3)36-25(35)28-21(23(32)27-19-10-8-18(9-11-19)24(33)34)15-17-6-5-7-20(14-17)30-13-12-29(4)16-22(30)31/h5-11,14,21H,12-13,15-16H2,1-4H3,(H,27,32)(H,28,35)(H,33,34)/t21-/m0/s1. The molecule has 0 aromatic heterocycles. The van der Waals surface area contributed by atoms with Crippen LogP contribution >= 0.6 is 0 Å². The number of likely N-dealkylation sites (N-methyl/N-ethyl adjacent to an activating group) is 1. The van der Waals surface area contributed by atoms with Crippen molar-refractivity contribution in [2.45, 2.75) is 38.8 Å². The molecule has 0 unspecified atom stereocenters. The summed E-state index contributed by atoms with van der Waals surface area (Å²) in [7, 11) is 1.90. The predicted octanol–water partition coefficient (Wildman–Crippen LogP) is 2.74. The molecule has 0 spiro atoms. The number of carbonyl (C=O) groups is 4. The molecule has 0 radical (unpaired) electrons. The second-order valence-electron chi connectivity index (χ2n) is 9.73. The van der Waals surface area contributed by atoms with Crippen LogP contribution in [0, 0.1) is 0 Å². The van der Waals surface area contributed by atoms with Crippen LogP contribution in [-0.2, 0) is 20.7 Å². The van der Waals surface area contributed by atoms with E-state index in [9.17, 15) is 19.2 Å². The van der Waals surface area contributed by atoms with Gasteiger partial charge in [-0.1, -0.05) is 12.1 Å². The Balaban J connectivity index is 1.79. The number of carboxylic acids is 1. The first-order chi connectivity index (χ1) is 16.9. The molecule has 36 heavy (non-hydrogen) atoms. The van der Waals surface area contributed by atoms with Crippen LogP contribution in [0.4, 0.5) is 16.2 Å². The number of nitrogens with one attached hydrogen (secondary N) is 2. The van der Waals surface area contributed by atoms with Gasteiger partial charge in [0.15, 0.2) is 0 Å². The highest BCUT2D eigenvalue weighted by molar-refractivity contribution is 5.98. The molecule has 0 saturated carbocycles. The highest BCUT2D eigenvalue weighted by atomic mass is 16.6. The van der Waals surface area contributed by atoms with Gasteiger partial charge in [0.1, 0.15) is 11.6 Å². The summed E-state index contributed by atoms with van der Waals surface area (Å²) in [5.41, 5.74) is 1.20. The van der Waals surface area contributed by atoms with Crippen molar-refractivity contribution in [1.82, 2.24) is 10.2 Å². The highest BCUT2D eigenvalue weighted by Crippen LogP contribution is 2.20. The number of ether oxygens (including phenoxy) is 1. The zero-order valence-corrected chi connectivity index (χ0v) is 20.9. The summed E-state index contributed by atoms with van der Waals surface area (Å²) in [5, 5.41) is 14.4. The van der Waals surface area contributed by atoms with Crippen molar-refractivity contribution in [1.29, 1.82) is 0 Å². The van der Waals surface area contributed by atoms with E-state index < -0.39 is 29.6 Å². The first-order valence-corrected chi connectivity index (χ1v) is 11.6. The van der Waals surface area contributed by atoms with Crippen LogP contribution in [0.1, 0.15) is 36.7 Å². The van der Waals surface area contributed by atoms with E-state index in [1.807, 2.05) is 36.2 Å². The number of hydrogen-bond donors (Lipinski definition) is 3. The van der Waals surface area contributed by atoms with E-state index in [0.29, 0.717) is 18.8 Å². The number of carboxylic acid groups (broad SMARTS) is 1. The van der Waals surface area contributed by atoms with Crippen molar-refractivity contribution < 1.29 is 29.0 Å². The Morgan fingerprint density at radius 1 is 1.08 bits per heavy atom. The average Bonchev–Trinajstić information content (AvgIpc) is 2.78. The van der Waals surface area contributed by atoms with Gasteiger partial charge in [0.2, 0.25) is 11.8 Å². The van der Waals surface area contributed by atoms with Crippen LogP contribution in [0.15, 0.2) is 48.5 Å². The molecule has 1 aliphatic heterocycles. The van der Waals surface area contributed by atoms with Gasteiger partial charge in [-0.3, -0.25) is 14.5 Å². The lowest BCUT2D eigenvalue weighted by molar-refractivity contribution is -0.121. The van der Waals surface area contributed by atoms with Crippen molar-refractivity contribution in [3.63, 3.8) is 0 Å². The Kier molecular flexibility index (Phi) is 8.31. The predicted molar refractivity (Wildman–Crippen MR) is 135 cm³/mol. The number of amides is 3. The van der Waals surface area contributed by atoms with E-state index in [1.165, 1.54) is 24.3 Å². The maximum atomic E-state index is 13.1. The molecule has 2 aromatic rings. The van der Waals surface area contributed by atoms with Crippen LogP contribution in [0.2, 0.25) is 0 Å². The van der Waals surface area contributed by atoms with Gasteiger partial charge < -0.3 is 25.4 Å². The molecular weight excluding hydrogens is 464 g/mol. The first-order valence-electron chi connectivity index (χ1n) is 11.6. The minimum Gasteiger partial charge on any atom is -0.478 e. The summed E-state index contributed by atoms with van der Waals surface area (Å²) in [6, 6.07) is 12.0. The van der Waals surface area contributed by atoms with E-state index in [-0.39, 0.29) is 17.9 Å². The SMILES string of the molecule is CN1CCN(c2cccc(C[C@H](NC(=O)OC(C)(C)C)C(=O)Nc3ccc(C(=O)O)cc3)c2)C(=O)C1. The zero-order chi connectivity index (χ0) is 26.5. The van der Waals surface area contributed by atoms with Gasteiger partial charge in [0.25, 0.3) is 0 Å². The van der Waals surface area contributed by atoms with E-state index in [0.717, 1.165) is 17.8 Å². The summed E-state index contributed by atoms with van der Waals surface area (Å²) >= 11 is 0. The quantitative estimate of drug-likeness (QED) is 0.538. The molecule has 3 amide bonds. The van der Waals surface area contributed by atoms with Crippen LogP contribution in [0.3, 0.4) is 0 Å². The molecule has 192 valence electrons. The van der Waals surface area contributed by atoms with E-state index in [1.54, 1.807) is 25.7 Å². The molecule has 0 bridgehead atoms. The average molecular weight is 497 g/mol. The topological polar surface area (TPSA) is 128 Å². The number of nitrogens with zero attached hydrogens (tertiary/aromatic N) is 2. The van der Waals surface area contributed by atoms with Crippen LogP contribution in [0.25, 0.3) is 0 Å². The van der Waals surface area contributed by atoms with Gasteiger partial charge in [-0.15, -0.1) is 0 Å². The number of anilines is 2. The molecular formula is C26H32N4O6. The van der Waals surface area contributed by atoms with Crippen LogP contribution < -0.4 is 15.5 Å². The van der Waals surface area contributed by atoms with Crippen molar-refractivity contribution in [2.75, 3.05) is 36.9 Å².